The summed E-state index contributed by atoms with van der Waals surface area (Å²) in [6.45, 7) is 4.80. The van der Waals surface area contributed by atoms with Crippen LogP contribution < -0.4 is 5.73 Å². The van der Waals surface area contributed by atoms with E-state index < -0.39 is 0 Å². The average molecular weight is 639 g/mol. The maximum absolute atomic E-state index is 13.1. The Balaban J connectivity index is 1.54. The lowest BCUT2D eigenvalue weighted by atomic mass is 9.87. The van der Waals surface area contributed by atoms with Crippen LogP contribution in [0.3, 0.4) is 0 Å². The summed E-state index contributed by atoms with van der Waals surface area (Å²) in [7, 11) is 0. The van der Waals surface area contributed by atoms with Gasteiger partial charge in [-0.3, -0.25) is 9.78 Å². The molecule has 2 fully saturated rings. The molecule has 9 heteroatoms. The molecule has 2 N–H and O–H groups in total. The van der Waals surface area contributed by atoms with Crippen LogP contribution in [0.5, 0.6) is 0 Å². The van der Waals surface area contributed by atoms with E-state index in [9.17, 15) is 9.59 Å². The fourth-order valence-corrected chi connectivity index (χ4v) is 6.51. The molecule has 6 nitrogen and oxygen atoms in total. The van der Waals surface area contributed by atoms with Crippen LogP contribution in [0.15, 0.2) is 45.0 Å². The summed E-state index contributed by atoms with van der Waals surface area (Å²) in [6, 6.07) is 7.66. The minimum absolute atomic E-state index is 0.205. The number of urea groups is 1. The highest BCUT2D eigenvalue weighted by atomic mass is 79.9. The first kappa shape index (κ1) is 27.1. The predicted octanol–water partition coefficient (Wildman–Crippen LogP) is 6.43. The molecular weight excluding hydrogens is 608 g/mol. The number of nitrogens with two attached hydrogens (primary N) is 1. The first-order valence-electron chi connectivity index (χ1n) is 12.4. The van der Waals surface area contributed by atoms with E-state index in [-0.39, 0.29) is 11.9 Å². The normalized spacial score (nSPS) is 16.8. The van der Waals surface area contributed by atoms with Crippen LogP contribution >= 0.6 is 43.5 Å². The third kappa shape index (κ3) is 6.32. The minimum Gasteiger partial charge on any atom is -0.351 e. The quantitative estimate of drug-likeness (QED) is 0.410. The number of piperidine rings is 2. The first-order valence-corrected chi connectivity index (χ1v) is 14.4. The molecule has 0 atom stereocenters. The number of hydrogen-bond acceptors (Lipinski definition) is 3. The number of amides is 3. The highest BCUT2D eigenvalue weighted by Gasteiger charge is 2.28. The molecule has 0 spiro atoms. The third-order valence-electron chi connectivity index (χ3n) is 7.21. The van der Waals surface area contributed by atoms with Crippen molar-refractivity contribution in [3.05, 3.63) is 66.8 Å². The lowest BCUT2D eigenvalue weighted by Crippen LogP contribution is -2.43. The molecule has 2 aliphatic heterocycles. The molecule has 192 valence electrons. The lowest BCUT2D eigenvalue weighted by molar-refractivity contribution is -0.132. The highest BCUT2D eigenvalue weighted by molar-refractivity contribution is 9.10. The fraction of sp³-hybridized carbons (Fsp3) is 0.444. The van der Waals surface area contributed by atoms with E-state index in [0.29, 0.717) is 43.5 Å². The lowest BCUT2D eigenvalue weighted by Gasteiger charge is -2.34. The summed E-state index contributed by atoms with van der Waals surface area (Å²) >= 11 is 13.6. The van der Waals surface area contributed by atoms with Crippen molar-refractivity contribution >= 4 is 61.0 Å². The summed E-state index contributed by atoms with van der Waals surface area (Å²) in [5.74, 6) is 0.515. The predicted molar refractivity (Wildman–Crippen MR) is 151 cm³/mol. The van der Waals surface area contributed by atoms with Gasteiger partial charge in [-0.1, -0.05) is 40.0 Å². The number of likely N-dealkylation sites (tertiary alicyclic amines) is 2. The molecule has 36 heavy (non-hydrogen) atoms. The van der Waals surface area contributed by atoms with Gasteiger partial charge in [0.1, 0.15) is 0 Å². The van der Waals surface area contributed by atoms with Crippen LogP contribution in [0.25, 0.3) is 5.57 Å². The second-order valence-electron chi connectivity index (χ2n) is 9.47. The van der Waals surface area contributed by atoms with Crippen LogP contribution in [-0.4, -0.2) is 52.9 Å². The topological polar surface area (TPSA) is 79.5 Å². The summed E-state index contributed by atoms with van der Waals surface area (Å²) in [5, 5.41) is 0.706. The second kappa shape index (κ2) is 12.1. The Labute approximate surface area is 234 Å². The van der Waals surface area contributed by atoms with Gasteiger partial charge in [-0.25, -0.2) is 4.79 Å². The Morgan fingerprint density at radius 1 is 1.08 bits per heavy atom. The number of primary amides is 1. The average Bonchev–Trinajstić information content (AvgIpc) is 2.87. The van der Waals surface area contributed by atoms with Gasteiger partial charge < -0.3 is 15.5 Å². The molecule has 3 heterocycles. The van der Waals surface area contributed by atoms with Crippen LogP contribution in [0.1, 0.15) is 55.8 Å². The molecule has 0 saturated carbocycles. The maximum Gasteiger partial charge on any atom is 0.314 e. The van der Waals surface area contributed by atoms with Crippen LogP contribution in [0, 0.1) is 5.92 Å². The van der Waals surface area contributed by atoms with Crippen molar-refractivity contribution in [3.8, 4) is 0 Å². The molecule has 0 bridgehead atoms. The molecule has 1 aromatic carbocycles. The molecule has 4 rings (SSSR count). The Morgan fingerprint density at radius 2 is 1.78 bits per heavy atom. The van der Waals surface area contributed by atoms with Gasteiger partial charge in [0.25, 0.3) is 0 Å². The van der Waals surface area contributed by atoms with Gasteiger partial charge in [0.05, 0.1) is 5.69 Å². The largest absolute Gasteiger partial charge is 0.351 e. The van der Waals surface area contributed by atoms with Crippen molar-refractivity contribution in [3.63, 3.8) is 0 Å². The van der Waals surface area contributed by atoms with Crippen LogP contribution in [-0.2, 0) is 11.2 Å². The van der Waals surface area contributed by atoms with Gasteiger partial charge >= 0.3 is 6.03 Å². The van der Waals surface area contributed by atoms with Gasteiger partial charge in [0.2, 0.25) is 5.91 Å². The second-order valence-corrected chi connectivity index (χ2v) is 11.7. The number of nitrogens with zero attached hydrogens (tertiary/aromatic N) is 3. The Hall–Kier alpha value is -1.90. The number of carbonyl (C=O) groups is 2. The van der Waals surface area contributed by atoms with Gasteiger partial charge in [-0.15, -0.1) is 0 Å². The fourth-order valence-electron chi connectivity index (χ4n) is 5.20. The van der Waals surface area contributed by atoms with E-state index in [1.165, 1.54) is 11.1 Å². The number of pyridine rings is 1. The SMILES string of the molecule is CCc1cc(Cl)cc(Br)c1C(=C1CCN(C(=O)CC2CCN(C(N)=O)CC2)CC1)c1ccc(Br)cn1. The van der Waals surface area contributed by atoms with E-state index in [1.54, 1.807) is 4.90 Å². The zero-order valence-corrected chi connectivity index (χ0v) is 24.3. The minimum atomic E-state index is -0.371. The molecule has 0 radical (unpaired) electrons. The molecule has 0 aliphatic carbocycles. The van der Waals surface area contributed by atoms with Crippen LogP contribution in [0.4, 0.5) is 4.79 Å². The molecule has 2 aromatic rings. The van der Waals surface area contributed by atoms with Gasteiger partial charge in [-0.2, -0.15) is 0 Å². The molecule has 2 aliphatic rings. The van der Waals surface area contributed by atoms with Gasteiger partial charge in [-0.05, 0) is 83.8 Å². The molecule has 0 unspecified atom stereocenters. The summed E-state index contributed by atoms with van der Waals surface area (Å²) in [6.07, 6.45) is 6.48. The zero-order valence-electron chi connectivity index (χ0n) is 20.4. The van der Waals surface area contributed by atoms with Crippen molar-refractivity contribution in [2.24, 2.45) is 11.7 Å². The van der Waals surface area contributed by atoms with Crippen molar-refractivity contribution in [2.45, 2.75) is 45.4 Å². The van der Waals surface area contributed by atoms with Crippen molar-refractivity contribution < 1.29 is 9.59 Å². The molecular formula is C27H31Br2ClN4O2. The van der Waals surface area contributed by atoms with Gasteiger partial charge in [0.15, 0.2) is 0 Å². The number of halogens is 3. The van der Waals surface area contributed by atoms with E-state index in [1.807, 2.05) is 35.4 Å². The van der Waals surface area contributed by atoms with E-state index in [4.69, 9.17) is 22.3 Å². The Bertz CT molecular complexity index is 1150. The number of benzene rings is 1. The monoisotopic (exact) mass is 636 g/mol. The summed E-state index contributed by atoms with van der Waals surface area (Å²) in [5.41, 5.74) is 11.0. The zero-order chi connectivity index (χ0) is 25.8. The Morgan fingerprint density at radius 3 is 2.36 bits per heavy atom. The van der Waals surface area contributed by atoms with E-state index in [2.05, 4.69) is 38.8 Å². The Kier molecular flexibility index (Phi) is 9.12. The number of hydrogen-bond donors (Lipinski definition) is 1. The summed E-state index contributed by atoms with van der Waals surface area (Å²) in [4.78, 5) is 32.9. The van der Waals surface area contributed by atoms with Crippen molar-refractivity contribution in [2.75, 3.05) is 26.2 Å². The number of carbonyl (C=O) groups excluding carboxylic acids is 2. The number of aromatic nitrogens is 1. The number of aryl methyl sites for hydroxylation is 1. The standard InChI is InChI=1S/C27H31Br2ClN4O2/c1-2-18-14-21(30)15-22(29)25(18)26(23-4-3-20(28)16-32-23)19-7-11-33(12-8-19)24(35)13-17-5-9-34(10-6-17)27(31)36/h3-4,14-17H,2,5-13H2,1H3,(H2,31,36). The molecule has 3 amide bonds. The van der Waals surface area contributed by atoms with Crippen molar-refractivity contribution in [1.29, 1.82) is 0 Å². The van der Waals surface area contributed by atoms with Gasteiger partial charge in [0, 0.05) is 63.9 Å². The smallest absolute Gasteiger partial charge is 0.314 e. The van der Waals surface area contributed by atoms with E-state index >= 15 is 0 Å². The van der Waals surface area contributed by atoms with E-state index in [0.717, 1.165) is 57.9 Å². The third-order valence-corrected chi connectivity index (χ3v) is 8.53. The van der Waals surface area contributed by atoms with Crippen LogP contribution in [0.2, 0.25) is 5.02 Å². The molecule has 2 saturated heterocycles. The summed E-state index contributed by atoms with van der Waals surface area (Å²) < 4.78 is 1.89. The van der Waals surface area contributed by atoms with Crippen molar-refractivity contribution in [1.82, 2.24) is 14.8 Å². The first-order chi connectivity index (χ1) is 17.3. The number of rotatable bonds is 5. The highest BCUT2D eigenvalue weighted by Crippen LogP contribution is 2.39. The molecule has 1 aromatic heterocycles. The maximum atomic E-state index is 13.1.